The zero-order valence-corrected chi connectivity index (χ0v) is 6.96. The lowest BCUT2D eigenvalue weighted by Crippen LogP contribution is -2.11. The molecule has 1 rings (SSSR count). The summed E-state index contributed by atoms with van der Waals surface area (Å²) in [4.78, 5) is 0. The molecule has 1 aromatic rings. The highest BCUT2D eigenvalue weighted by Crippen LogP contribution is 2.16. The van der Waals surface area contributed by atoms with Crippen molar-refractivity contribution < 1.29 is 0 Å². The summed E-state index contributed by atoms with van der Waals surface area (Å²) in [6, 6.07) is 10.0. The molecule has 0 aliphatic rings. The molecule has 0 amide bonds. The third kappa shape index (κ3) is 2.11. The van der Waals surface area contributed by atoms with E-state index in [1.807, 2.05) is 30.3 Å². The zero-order valence-electron chi connectivity index (χ0n) is 6.96. The van der Waals surface area contributed by atoms with E-state index in [1.165, 1.54) is 5.56 Å². The zero-order chi connectivity index (χ0) is 8.81. The van der Waals surface area contributed by atoms with Gasteiger partial charge in [0, 0.05) is 18.9 Å². The largest absolute Gasteiger partial charge is 0.330 e. The summed E-state index contributed by atoms with van der Waals surface area (Å²) in [7, 11) is 0. The standard InChI is InChI=1S/C11H12N/c1-2-6-11(9-12)10-7-4-3-5-8-10/h3-5,7-8,11H,6,9,12H2. The van der Waals surface area contributed by atoms with Crippen molar-refractivity contribution in [3.63, 3.8) is 0 Å². The number of hydrogen-bond acceptors (Lipinski definition) is 1. The van der Waals surface area contributed by atoms with E-state index in [0.29, 0.717) is 13.0 Å². The fraction of sp³-hybridized carbons (Fsp3) is 0.273. The van der Waals surface area contributed by atoms with Gasteiger partial charge in [-0.15, -0.1) is 0 Å². The molecular formula is C11H12N. The first-order valence-electron chi connectivity index (χ1n) is 4.03. The molecule has 0 aromatic heterocycles. The van der Waals surface area contributed by atoms with Gasteiger partial charge in [-0.2, -0.15) is 0 Å². The number of hydrogen-bond donors (Lipinski definition) is 1. The Labute approximate surface area is 73.6 Å². The van der Waals surface area contributed by atoms with Gasteiger partial charge in [0.1, 0.15) is 0 Å². The number of nitrogens with two attached hydrogens (primary N) is 1. The second kappa shape index (κ2) is 4.58. The van der Waals surface area contributed by atoms with Crippen molar-refractivity contribution in [3.8, 4) is 5.92 Å². The first kappa shape index (κ1) is 8.83. The van der Waals surface area contributed by atoms with Crippen LogP contribution in [0.3, 0.4) is 0 Å². The monoisotopic (exact) mass is 158 g/mol. The normalized spacial score (nSPS) is 12.0. The second-order valence-corrected chi connectivity index (χ2v) is 2.72. The van der Waals surface area contributed by atoms with Gasteiger partial charge in [-0.3, -0.25) is 0 Å². The van der Waals surface area contributed by atoms with Crippen LogP contribution in [0.15, 0.2) is 30.3 Å². The Morgan fingerprint density at radius 2 is 2.00 bits per heavy atom. The number of rotatable bonds is 3. The second-order valence-electron chi connectivity index (χ2n) is 2.72. The van der Waals surface area contributed by atoms with Crippen LogP contribution >= 0.6 is 0 Å². The molecule has 0 aliphatic carbocycles. The van der Waals surface area contributed by atoms with Crippen molar-refractivity contribution in [2.75, 3.05) is 6.54 Å². The quantitative estimate of drug-likeness (QED) is 0.666. The minimum atomic E-state index is 0.253. The SMILES string of the molecule is [C]#CCC(CN)c1ccccc1. The van der Waals surface area contributed by atoms with Crippen LogP contribution in [-0.4, -0.2) is 6.54 Å². The van der Waals surface area contributed by atoms with Crippen LogP contribution in [0.25, 0.3) is 0 Å². The first-order chi connectivity index (χ1) is 5.88. The Morgan fingerprint density at radius 3 is 2.50 bits per heavy atom. The van der Waals surface area contributed by atoms with Gasteiger partial charge >= 0.3 is 0 Å². The van der Waals surface area contributed by atoms with E-state index < -0.39 is 0 Å². The van der Waals surface area contributed by atoms with Crippen molar-refractivity contribution >= 4 is 0 Å². The molecule has 0 heterocycles. The van der Waals surface area contributed by atoms with Gasteiger partial charge < -0.3 is 5.73 Å². The van der Waals surface area contributed by atoms with Gasteiger partial charge in [-0.25, -0.2) is 0 Å². The fourth-order valence-corrected chi connectivity index (χ4v) is 1.19. The maximum Gasteiger partial charge on any atom is 0.0180 e. The van der Waals surface area contributed by atoms with E-state index in [0.717, 1.165) is 0 Å². The van der Waals surface area contributed by atoms with Crippen molar-refractivity contribution in [2.45, 2.75) is 12.3 Å². The smallest absolute Gasteiger partial charge is 0.0180 e. The van der Waals surface area contributed by atoms with E-state index in [9.17, 15) is 0 Å². The third-order valence-corrected chi connectivity index (χ3v) is 1.90. The summed E-state index contributed by atoms with van der Waals surface area (Å²) in [5.41, 5.74) is 6.76. The average Bonchev–Trinajstić information content (AvgIpc) is 2.15. The Kier molecular flexibility index (Phi) is 3.37. The van der Waals surface area contributed by atoms with Crippen LogP contribution in [0, 0.1) is 12.3 Å². The van der Waals surface area contributed by atoms with E-state index in [1.54, 1.807) is 0 Å². The van der Waals surface area contributed by atoms with Gasteiger partial charge in [0.2, 0.25) is 0 Å². The molecule has 1 heteroatoms. The van der Waals surface area contributed by atoms with Crippen molar-refractivity contribution in [1.29, 1.82) is 0 Å². The minimum absolute atomic E-state index is 0.253. The molecule has 1 aromatic carbocycles. The molecule has 0 fully saturated rings. The maximum atomic E-state index is 6.88. The maximum absolute atomic E-state index is 6.88. The molecule has 1 radical (unpaired) electrons. The van der Waals surface area contributed by atoms with Gasteiger partial charge in [0.05, 0.1) is 0 Å². The van der Waals surface area contributed by atoms with Crippen LogP contribution in [0.5, 0.6) is 0 Å². The Hall–Kier alpha value is -1.26. The molecule has 2 N–H and O–H groups in total. The summed E-state index contributed by atoms with van der Waals surface area (Å²) in [6.45, 7) is 0.579. The molecule has 1 nitrogen and oxygen atoms in total. The summed E-state index contributed by atoms with van der Waals surface area (Å²) < 4.78 is 0. The summed E-state index contributed by atoms with van der Waals surface area (Å²) in [5.74, 6) is 2.64. The molecule has 61 valence electrons. The van der Waals surface area contributed by atoms with Crippen molar-refractivity contribution in [1.82, 2.24) is 0 Å². The van der Waals surface area contributed by atoms with E-state index >= 15 is 0 Å². The lowest BCUT2D eigenvalue weighted by Gasteiger charge is -2.10. The van der Waals surface area contributed by atoms with Crippen LogP contribution in [0.2, 0.25) is 0 Å². The first-order valence-corrected chi connectivity index (χ1v) is 4.03. The summed E-state index contributed by atoms with van der Waals surface area (Å²) in [5, 5.41) is 0. The lowest BCUT2D eigenvalue weighted by atomic mass is 9.96. The fourth-order valence-electron chi connectivity index (χ4n) is 1.19. The van der Waals surface area contributed by atoms with Gasteiger partial charge in [0.25, 0.3) is 0 Å². The topological polar surface area (TPSA) is 26.0 Å². The van der Waals surface area contributed by atoms with E-state index in [-0.39, 0.29) is 5.92 Å². The lowest BCUT2D eigenvalue weighted by molar-refractivity contribution is 0.721. The Morgan fingerprint density at radius 1 is 1.33 bits per heavy atom. The molecule has 0 aliphatic heterocycles. The van der Waals surface area contributed by atoms with E-state index in [4.69, 9.17) is 12.2 Å². The summed E-state index contributed by atoms with van der Waals surface area (Å²) in [6.07, 6.45) is 7.49. The van der Waals surface area contributed by atoms with Gasteiger partial charge in [0.15, 0.2) is 0 Å². The van der Waals surface area contributed by atoms with Crippen molar-refractivity contribution in [3.05, 3.63) is 42.3 Å². The molecule has 12 heavy (non-hydrogen) atoms. The highest BCUT2D eigenvalue weighted by molar-refractivity contribution is 5.20. The molecule has 0 saturated heterocycles. The van der Waals surface area contributed by atoms with Crippen LogP contribution < -0.4 is 5.73 Å². The molecule has 0 bridgehead atoms. The van der Waals surface area contributed by atoms with Crippen LogP contribution in [0.1, 0.15) is 17.9 Å². The van der Waals surface area contributed by atoms with E-state index in [2.05, 4.69) is 5.92 Å². The van der Waals surface area contributed by atoms with Gasteiger partial charge in [-0.1, -0.05) is 36.3 Å². The molecule has 1 atom stereocenters. The summed E-state index contributed by atoms with van der Waals surface area (Å²) >= 11 is 0. The molecule has 0 saturated carbocycles. The predicted molar refractivity (Wildman–Crippen MR) is 50.0 cm³/mol. The highest BCUT2D eigenvalue weighted by Gasteiger charge is 2.06. The number of benzene rings is 1. The van der Waals surface area contributed by atoms with Crippen LogP contribution in [-0.2, 0) is 0 Å². The molecule has 1 unspecified atom stereocenters. The van der Waals surface area contributed by atoms with Gasteiger partial charge in [-0.05, 0) is 12.0 Å². The Bertz CT molecular complexity index is 258. The third-order valence-electron chi connectivity index (χ3n) is 1.90. The van der Waals surface area contributed by atoms with Crippen LogP contribution in [0.4, 0.5) is 0 Å². The predicted octanol–water partition coefficient (Wildman–Crippen LogP) is 1.71. The molecular weight excluding hydrogens is 146 g/mol. The minimum Gasteiger partial charge on any atom is -0.330 e. The highest BCUT2D eigenvalue weighted by atomic mass is 14.5. The Balaban J connectivity index is 2.75. The molecule has 0 spiro atoms. The average molecular weight is 158 g/mol. The van der Waals surface area contributed by atoms with Crippen molar-refractivity contribution in [2.24, 2.45) is 5.73 Å².